The van der Waals surface area contributed by atoms with E-state index in [0.29, 0.717) is 13.0 Å². The first-order valence-corrected chi connectivity index (χ1v) is 6.06. The van der Waals surface area contributed by atoms with Crippen LogP contribution in [0.2, 0.25) is 0 Å². The second kappa shape index (κ2) is 5.61. The molecule has 0 aromatic carbocycles. The van der Waals surface area contributed by atoms with E-state index in [1.54, 1.807) is 0 Å². The van der Waals surface area contributed by atoms with Crippen LogP contribution in [0.25, 0.3) is 0 Å². The maximum absolute atomic E-state index is 11.8. The molecule has 2 rings (SSSR count). The summed E-state index contributed by atoms with van der Waals surface area (Å²) in [4.78, 5) is 21.8. The minimum absolute atomic E-state index is 0.237. The lowest BCUT2D eigenvalue weighted by atomic mass is 10.3. The second-order valence-electron chi connectivity index (χ2n) is 4.31. The summed E-state index contributed by atoms with van der Waals surface area (Å²) in [5.74, 6) is 1.02. The van der Waals surface area contributed by atoms with E-state index in [1.807, 2.05) is 17.9 Å². The molecule has 1 aliphatic heterocycles. The molecule has 1 fully saturated rings. The number of nitrogens with one attached hydrogen (secondary N) is 1. The van der Waals surface area contributed by atoms with Gasteiger partial charge in [0.15, 0.2) is 0 Å². The average Bonchev–Trinajstić information content (AvgIpc) is 2.82. The Kier molecular flexibility index (Phi) is 3.90. The number of aryl methyl sites for hydroxylation is 1. The third-order valence-corrected chi connectivity index (χ3v) is 2.91. The van der Waals surface area contributed by atoms with Crippen molar-refractivity contribution in [3.63, 3.8) is 0 Å². The molecule has 0 atom stereocenters. The van der Waals surface area contributed by atoms with Crippen LogP contribution in [-0.4, -0.2) is 40.4 Å². The highest BCUT2D eigenvalue weighted by atomic mass is 16.2. The highest BCUT2D eigenvalue weighted by Gasteiger charge is 2.16. The third-order valence-electron chi connectivity index (χ3n) is 2.91. The molecule has 1 N–H and O–H groups in total. The third kappa shape index (κ3) is 3.41. The monoisotopic (exact) mass is 234 g/mol. The normalized spacial score (nSPS) is 15.0. The summed E-state index contributed by atoms with van der Waals surface area (Å²) in [6.45, 7) is 4.39. The number of rotatable bonds is 4. The molecule has 0 saturated carbocycles. The lowest BCUT2D eigenvalue weighted by Gasteiger charge is -2.15. The van der Waals surface area contributed by atoms with Crippen LogP contribution in [0.3, 0.4) is 0 Å². The van der Waals surface area contributed by atoms with E-state index >= 15 is 0 Å². The van der Waals surface area contributed by atoms with Gasteiger partial charge in [-0.1, -0.05) is 0 Å². The number of anilines is 1. The quantitative estimate of drug-likeness (QED) is 0.850. The zero-order valence-corrected chi connectivity index (χ0v) is 10.1. The van der Waals surface area contributed by atoms with Gasteiger partial charge in [-0.05, 0) is 19.8 Å². The Bertz CT molecular complexity index is 388. The minimum Gasteiger partial charge on any atom is -0.369 e. The number of nitrogens with zero attached hydrogens (tertiary/aromatic N) is 3. The topological polar surface area (TPSA) is 58.1 Å². The molecule has 1 aromatic rings. The Morgan fingerprint density at radius 2 is 2.18 bits per heavy atom. The second-order valence-corrected chi connectivity index (χ2v) is 4.31. The van der Waals surface area contributed by atoms with Crippen molar-refractivity contribution in [1.29, 1.82) is 0 Å². The summed E-state index contributed by atoms with van der Waals surface area (Å²) in [5.41, 5.74) is 0.924. The molecule has 0 aliphatic carbocycles. The molecule has 0 radical (unpaired) electrons. The fraction of sp³-hybridized carbons (Fsp3) is 0.583. The predicted molar refractivity (Wildman–Crippen MR) is 65.7 cm³/mol. The molecule has 1 amide bonds. The van der Waals surface area contributed by atoms with Crippen molar-refractivity contribution in [1.82, 2.24) is 14.9 Å². The molecule has 0 unspecified atom stereocenters. The fourth-order valence-electron chi connectivity index (χ4n) is 1.97. The van der Waals surface area contributed by atoms with Crippen molar-refractivity contribution >= 4 is 11.7 Å². The number of carbonyl (C=O) groups is 1. The molecule has 0 spiro atoms. The molecule has 5 heteroatoms. The number of hydrogen-bond donors (Lipinski definition) is 1. The van der Waals surface area contributed by atoms with Crippen LogP contribution in [-0.2, 0) is 4.79 Å². The van der Waals surface area contributed by atoms with E-state index in [2.05, 4.69) is 15.3 Å². The molecule has 2 heterocycles. The van der Waals surface area contributed by atoms with Gasteiger partial charge in [-0.3, -0.25) is 4.79 Å². The summed E-state index contributed by atoms with van der Waals surface area (Å²) < 4.78 is 0. The number of carbonyl (C=O) groups excluding carboxylic acids is 1. The van der Waals surface area contributed by atoms with Crippen molar-refractivity contribution in [2.75, 3.05) is 25.0 Å². The first kappa shape index (κ1) is 11.8. The summed E-state index contributed by atoms with van der Waals surface area (Å²) >= 11 is 0. The molecular weight excluding hydrogens is 216 g/mol. The van der Waals surface area contributed by atoms with Crippen molar-refractivity contribution in [3.05, 3.63) is 18.1 Å². The van der Waals surface area contributed by atoms with Gasteiger partial charge in [-0.25, -0.2) is 9.97 Å². The van der Waals surface area contributed by atoms with Crippen LogP contribution in [0.15, 0.2) is 12.4 Å². The molecule has 17 heavy (non-hydrogen) atoms. The molecule has 92 valence electrons. The van der Waals surface area contributed by atoms with Crippen LogP contribution >= 0.6 is 0 Å². The van der Waals surface area contributed by atoms with Crippen molar-refractivity contribution in [2.45, 2.75) is 26.2 Å². The lowest BCUT2D eigenvalue weighted by Crippen LogP contribution is -2.29. The van der Waals surface area contributed by atoms with Crippen LogP contribution in [0.5, 0.6) is 0 Å². The SMILES string of the molecule is Cc1cc(NCCC(=O)N2CCCC2)ncn1. The number of amides is 1. The molecule has 0 bridgehead atoms. The Hall–Kier alpha value is -1.65. The van der Waals surface area contributed by atoms with Gasteiger partial charge in [0.2, 0.25) is 5.91 Å². The van der Waals surface area contributed by atoms with Crippen LogP contribution in [0, 0.1) is 6.92 Å². The first-order valence-electron chi connectivity index (χ1n) is 6.06. The summed E-state index contributed by atoms with van der Waals surface area (Å²) in [7, 11) is 0. The van der Waals surface area contributed by atoms with Crippen molar-refractivity contribution in [3.8, 4) is 0 Å². The van der Waals surface area contributed by atoms with E-state index in [9.17, 15) is 4.79 Å². The maximum Gasteiger partial charge on any atom is 0.224 e. The van der Waals surface area contributed by atoms with Gasteiger partial charge in [0.1, 0.15) is 12.1 Å². The van der Waals surface area contributed by atoms with E-state index in [-0.39, 0.29) is 5.91 Å². The van der Waals surface area contributed by atoms with Crippen LogP contribution < -0.4 is 5.32 Å². The summed E-state index contributed by atoms with van der Waals surface area (Å²) in [6.07, 6.45) is 4.34. The fourth-order valence-corrected chi connectivity index (χ4v) is 1.97. The summed E-state index contributed by atoms with van der Waals surface area (Å²) in [6, 6.07) is 1.88. The van der Waals surface area contributed by atoms with Crippen molar-refractivity contribution in [2.24, 2.45) is 0 Å². The van der Waals surface area contributed by atoms with Gasteiger partial charge in [-0.2, -0.15) is 0 Å². The maximum atomic E-state index is 11.8. The molecule has 5 nitrogen and oxygen atoms in total. The zero-order valence-electron chi connectivity index (χ0n) is 10.1. The lowest BCUT2D eigenvalue weighted by molar-refractivity contribution is -0.129. The Morgan fingerprint density at radius 3 is 2.88 bits per heavy atom. The molecule has 1 aliphatic rings. The van der Waals surface area contributed by atoms with E-state index in [4.69, 9.17) is 0 Å². The molecular formula is C12H18N4O. The van der Waals surface area contributed by atoms with E-state index in [0.717, 1.165) is 37.4 Å². The van der Waals surface area contributed by atoms with Crippen molar-refractivity contribution < 1.29 is 4.79 Å². The van der Waals surface area contributed by atoms with Crippen LogP contribution in [0.4, 0.5) is 5.82 Å². The van der Waals surface area contributed by atoms with Gasteiger partial charge in [0, 0.05) is 37.8 Å². The minimum atomic E-state index is 0.237. The predicted octanol–water partition coefficient (Wildman–Crippen LogP) is 1.21. The number of likely N-dealkylation sites (tertiary alicyclic amines) is 1. The van der Waals surface area contributed by atoms with Gasteiger partial charge in [-0.15, -0.1) is 0 Å². The Balaban J connectivity index is 1.73. The highest BCUT2D eigenvalue weighted by molar-refractivity contribution is 5.76. The average molecular weight is 234 g/mol. The van der Waals surface area contributed by atoms with E-state index < -0.39 is 0 Å². The standard InChI is InChI=1S/C12H18N4O/c1-10-8-11(15-9-14-10)13-5-4-12(17)16-6-2-3-7-16/h8-9H,2-7H2,1H3,(H,13,14,15). The van der Waals surface area contributed by atoms with E-state index in [1.165, 1.54) is 6.33 Å². The summed E-state index contributed by atoms with van der Waals surface area (Å²) in [5, 5.41) is 3.14. The van der Waals surface area contributed by atoms with Gasteiger partial charge in [0.25, 0.3) is 0 Å². The number of hydrogen-bond acceptors (Lipinski definition) is 4. The Morgan fingerprint density at radius 1 is 1.41 bits per heavy atom. The molecule has 1 aromatic heterocycles. The zero-order chi connectivity index (χ0) is 12.1. The van der Waals surface area contributed by atoms with Gasteiger partial charge >= 0.3 is 0 Å². The largest absolute Gasteiger partial charge is 0.369 e. The Labute approximate surface area is 101 Å². The van der Waals surface area contributed by atoms with Gasteiger partial charge in [0.05, 0.1) is 0 Å². The van der Waals surface area contributed by atoms with Gasteiger partial charge < -0.3 is 10.2 Å². The number of aromatic nitrogens is 2. The first-order chi connectivity index (χ1) is 8.25. The smallest absolute Gasteiger partial charge is 0.224 e. The molecule has 1 saturated heterocycles. The highest BCUT2D eigenvalue weighted by Crippen LogP contribution is 2.09. The van der Waals surface area contributed by atoms with Crippen LogP contribution in [0.1, 0.15) is 25.0 Å².